The molecule has 0 saturated carbocycles. The first kappa shape index (κ1) is 15.4. The predicted octanol–water partition coefficient (Wildman–Crippen LogP) is 4.31. The zero-order valence-electron chi connectivity index (χ0n) is 12.1. The van der Waals surface area contributed by atoms with Gasteiger partial charge in [0.05, 0.1) is 0 Å². The summed E-state index contributed by atoms with van der Waals surface area (Å²) in [5.74, 6) is 0.393. The summed E-state index contributed by atoms with van der Waals surface area (Å²) in [6.45, 7) is 3.77. The molecule has 2 aromatic carbocycles. The lowest BCUT2D eigenvalue weighted by atomic mass is 10.1. The first-order chi connectivity index (χ1) is 10.1. The quantitative estimate of drug-likeness (QED) is 0.894. The molecule has 0 spiro atoms. The number of ether oxygens (including phenoxy) is 1. The molecule has 2 aromatic rings. The Morgan fingerprint density at radius 2 is 2.00 bits per heavy atom. The first-order valence-electron chi connectivity index (χ1n) is 6.91. The third kappa shape index (κ3) is 4.23. The number of nitrogens with one attached hydrogen (secondary N) is 1. The van der Waals surface area contributed by atoms with E-state index in [2.05, 4.69) is 12.2 Å². The Labute approximate surface area is 129 Å². The van der Waals surface area contributed by atoms with Gasteiger partial charge in [-0.3, -0.25) is 4.79 Å². The summed E-state index contributed by atoms with van der Waals surface area (Å²) in [6, 6.07) is 14.8. The molecule has 21 heavy (non-hydrogen) atoms. The number of amides is 1. The van der Waals surface area contributed by atoms with Gasteiger partial charge in [0.2, 0.25) is 0 Å². The Morgan fingerprint density at radius 1 is 1.24 bits per heavy atom. The number of carbonyl (C=O) groups excluding carboxylic acids is 1. The molecule has 0 aliphatic heterocycles. The monoisotopic (exact) mass is 303 g/mol. The van der Waals surface area contributed by atoms with Gasteiger partial charge in [-0.1, -0.05) is 42.8 Å². The molecule has 110 valence electrons. The standard InChI is InChI=1S/C17H18ClNO2/c1-3-13-7-4-5-10-16(13)19-17(20)12(2)21-15-9-6-8-14(18)11-15/h4-12H,3H2,1-2H3,(H,19,20)/t12-/m1/s1. The Hall–Kier alpha value is -2.00. The molecule has 2 rings (SSSR count). The average molecular weight is 304 g/mol. The van der Waals surface area contributed by atoms with Gasteiger partial charge in [-0.15, -0.1) is 0 Å². The Kier molecular flexibility index (Phi) is 5.23. The van der Waals surface area contributed by atoms with Crippen LogP contribution in [0.4, 0.5) is 5.69 Å². The number of benzene rings is 2. The van der Waals surface area contributed by atoms with Crippen LogP contribution in [0.5, 0.6) is 5.75 Å². The van der Waals surface area contributed by atoms with E-state index in [4.69, 9.17) is 16.3 Å². The highest BCUT2D eigenvalue weighted by atomic mass is 35.5. The molecule has 4 heteroatoms. The molecule has 0 aromatic heterocycles. The fraction of sp³-hybridized carbons (Fsp3) is 0.235. The van der Waals surface area contributed by atoms with E-state index in [9.17, 15) is 4.79 Å². The summed E-state index contributed by atoms with van der Waals surface area (Å²) < 4.78 is 5.61. The predicted molar refractivity (Wildman–Crippen MR) is 86.0 cm³/mol. The lowest BCUT2D eigenvalue weighted by Crippen LogP contribution is -2.30. The van der Waals surface area contributed by atoms with Crippen LogP contribution in [0, 0.1) is 0 Å². The maximum Gasteiger partial charge on any atom is 0.265 e. The molecule has 1 atom stereocenters. The topological polar surface area (TPSA) is 38.3 Å². The van der Waals surface area contributed by atoms with Crippen LogP contribution >= 0.6 is 11.6 Å². The molecule has 3 nitrogen and oxygen atoms in total. The van der Waals surface area contributed by atoms with Crippen LogP contribution in [-0.2, 0) is 11.2 Å². The fourth-order valence-corrected chi connectivity index (χ4v) is 2.16. The van der Waals surface area contributed by atoms with Crippen molar-refractivity contribution < 1.29 is 9.53 Å². The van der Waals surface area contributed by atoms with Gasteiger partial charge >= 0.3 is 0 Å². The van der Waals surface area contributed by atoms with E-state index in [-0.39, 0.29) is 5.91 Å². The lowest BCUT2D eigenvalue weighted by Gasteiger charge is -2.16. The van der Waals surface area contributed by atoms with Crippen molar-refractivity contribution in [3.05, 3.63) is 59.1 Å². The number of para-hydroxylation sites is 1. The molecule has 0 aliphatic carbocycles. The highest BCUT2D eigenvalue weighted by Crippen LogP contribution is 2.20. The maximum absolute atomic E-state index is 12.2. The van der Waals surface area contributed by atoms with Crippen LogP contribution in [0.25, 0.3) is 0 Å². The molecule has 0 aliphatic rings. The van der Waals surface area contributed by atoms with Gasteiger partial charge in [0.1, 0.15) is 5.75 Å². The molecular weight excluding hydrogens is 286 g/mol. The minimum Gasteiger partial charge on any atom is -0.481 e. The van der Waals surface area contributed by atoms with E-state index < -0.39 is 6.10 Å². The van der Waals surface area contributed by atoms with Crippen molar-refractivity contribution in [2.75, 3.05) is 5.32 Å². The molecule has 1 N–H and O–H groups in total. The molecule has 0 heterocycles. The summed E-state index contributed by atoms with van der Waals surface area (Å²) in [4.78, 5) is 12.2. The van der Waals surface area contributed by atoms with Gasteiger partial charge in [0, 0.05) is 10.7 Å². The van der Waals surface area contributed by atoms with Crippen molar-refractivity contribution in [1.29, 1.82) is 0 Å². The normalized spacial score (nSPS) is 11.8. The molecule has 1 amide bonds. The van der Waals surface area contributed by atoms with Crippen LogP contribution in [0.15, 0.2) is 48.5 Å². The minimum absolute atomic E-state index is 0.184. The molecule has 0 fully saturated rings. The maximum atomic E-state index is 12.2. The van der Waals surface area contributed by atoms with Gasteiger partial charge in [-0.05, 0) is 43.2 Å². The first-order valence-corrected chi connectivity index (χ1v) is 7.29. The molecule has 0 saturated heterocycles. The number of hydrogen-bond acceptors (Lipinski definition) is 2. The van der Waals surface area contributed by atoms with Crippen LogP contribution in [0.3, 0.4) is 0 Å². The van der Waals surface area contributed by atoms with Gasteiger partial charge in [0.15, 0.2) is 6.10 Å². The van der Waals surface area contributed by atoms with Gasteiger partial charge in [0.25, 0.3) is 5.91 Å². The number of hydrogen-bond donors (Lipinski definition) is 1. The van der Waals surface area contributed by atoms with E-state index in [1.54, 1.807) is 31.2 Å². The minimum atomic E-state index is -0.603. The average Bonchev–Trinajstić information content (AvgIpc) is 2.47. The largest absolute Gasteiger partial charge is 0.481 e. The second-order valence-corrected chi connectivity index (χ2v) is 5.15. The molecule has 0 radical (unpaired) electrons. The van der Waals surface area contributed by atoms with Gasteiger partial charge in [-0.2, -0.15) is 0 Å². The van der Waals surface area contributed by atoms with Crippen molar-refractivity contribution in [2.24, 2.45) is 0 Å². The van der Waals surface area contributed by atoms with Crippen molar-refractivity contribution in [3.8, 4) is 5.75 Å². The SMILES string of the molecule is CCc1ccccc1NC(=O)[C@@H](C)Oc1cccc(Cl)c1. The van der Waals surface area contributed by atoms with E-state index >= 15 is 0 Å². The Bertz CT molecular complexity index is 628. The van der Waals surface area contributed by atoms with Gasteiger partial charge < -0.3 is 10.1 Å². The third-order valence-electron chi connectivity index (χ3n) is 3.13. The highest BCUT2D eigenvalue weighted by Gasteiger charge is 2.16. The number of carbonyl (C=O) groups is 1. The second-order valence-electron chi connectivity index (χ2n) is 4.72. The van der Waals surface area contributed by atoms with E-state index in [0.717, 1.165) is 17.7 Å². The van der Waals surface area contributed by atoms with Crippen molar-refractivity contribution in [3.63, 3.8) is 0 Å². The van der Waals surface area contributed by atoms with Crippen LogP contribution in [-0.4, -0.2) is 12.0 Å². The van der Waals surface area contributed by atoms with E-state index in [1.807, 2.05) is 24.3 Å². The molecule has 0 bridgehead atoms. The molecular formula is C17H18ClNO2. The summed E-state index contributed by atoms with van der Waals surface area (Å²) in [7, 11) is 0. The van der Waals surface area contributed by atoms with E-state index in [1.165, 1.54) is 0 Å². The summed E-state index contributed by atoms with van der Waals surface area (Å²) in [5.41, 5.74) is 1.92. The highest BCUT2D eigenvalue weighted by molar-refractivity contribution is 6.30. The fourth-order valence-electron chi connectivity index (χ4n) is 1.98. The number of rotatable bonds is 5. The summed E-state index contributed by atoms with van der Waals surface area (Å²) in [6.07, 6.45) is 0.258. The van der Waals surface area contributed by atoms with Crippen molar-refractivity contribution in [2.45, 2.75) is 26.4 Å². The smallest absolute Gasteiger partial charge is 0.265 e. The number of halogens is 1. The lowest BCUT2D eigenvalue weighted by molar-refractivity contribution is -0.122. The van der Waals surface area contributed by atoms with Crippen LogP contribution in [0.2, 0.25) is 5.02 Å². The summed E-state index contributed by atoms with van der Waals surface area (Å²) >= 11 is 5.90. The van der Waals surface area contributed by atoms with E-state index in [0.29, 0.717) is 10.8 Å². The number of aryl methyl sites for hydroxylation is 1. The number of anilines is 1. The summed E-state index contributed by atoms with van der Waals surface area (Å²) in [5, 5.41) is 3.48. The van der Waals surface area contributed by atoms with Gasteiger partial charge in [-0.25, -0.2) is 0 Å². The molecule has 0 unspecified atom stereocenters. The second kappa shape index (κ2) is 7.14. The zero-order chi connectivity index (χ0) is 15.2. The van der Waals surface area contributed by atoms with Crippen LogP contribution in [0.1, 0.15) is 19.4 Å². The third-order valence-corrected chi connectivity index (χ3v) is 3.37. The van der Waals surface area contributed by atoms with Crippen molar-refractivity contribution >= 4 is 23.2 Å². The Morgan fingerprint density at radius 3 is 2.71 bits per heavy atom. The zero-order valence-corrected chi connectivity index (χ0v) is 12.9. The van der Waals surface area contributed by atoms with Crippen LogP contribution < -0.4 is 10.1 Å². The Balaban J connectivity index is 2.02. The van der Waals surface area contributed by atoms with Crippen molar-refractivity contribution in [1.82, 2.24) is 0 Å².